The lowest BCUT2D eigenvalue weighted by Gasteiger charge is -2.08. The van der Waals surface area contributed by atoms with E-state index < -0.39 is 0 Å². The molecule has 6 nitrogen and oxygen atoms in total. The number of hydrogen-bond acceptors (Lipinski definition) is 4. The Hall–Kier alpha value is -3.15. The smallest absolute Gasteiger partial charge is 0.251 e. The third-order valence-electron chi connectivity index (χ3n) is 5.10. The van der Waals surface area contributed by atoms with Crippen molar-refractivity contribution in [2.24, 2.45) is 0 Å². The van der Waals surface area contributed by atoms with Gasteiger partial charge in [-0.05, 0) is 68.7 Å². The number of nitrogens with one attached hydrogen (secondary N) is 1. The Balaban J connectivity index is 1.53. The SMILES string of the molecule is CCCCCOc1ccc(C(=O)NCCc2c(C)nn(-c3ccccn3)c2C)cc1. The molecule has 0 spiro atoms. The predicted octanol–water partition coefficient (Wildman–Crippen LogP) is 4.43. The second-order valence-electron chi connectivity index (χ2n) is 7.33. The number of pyridine rings is 1. The van der Waals surface area contributed by atoms with E-state index in [0.717, 1.165) is 41.4 Å². The molecule has 0 fully saturated rings. The summed E-state index contributed by atoms with van der Waals surface area (Å²) in [6, 6.07) is 13.1. The zero-order valence-corrected chi connectivity index (χ0v) is 18.0. The standard InChI is InChI=1S/C24H30N4O2/c1-4-5-8-17-30-21-12-10-20(11-13-21)24(29)26-16-14-22-18(2)27-28(19(22)3)23-9-6-7-15-25-23/h6-7,9-13,15H,4-5,8,14,16-17H2,1-3H3,(H,26,29). The van der Waals surface area contributed by atoms with Gasteiger partial charge in [0.25, 0.3) is 5.91 Å². The van der Waals surface area contributed by atoms with Crippen LogP contribution in [-0.2, 0) is 6.42 Å². The molecule has 6 heteroatoms. The molecule has 1 N–H and O–H groups in total. The Morgan fingerprint density at radius 1 is 1.10 bits per heavy atom. The number of carbonyl (C=O) groups excluding carboxylic acids is 1. The molecule has 0 unspecified atom stereocenters. The molecule has 0 aliphatic heterocycles. The Labute approximate surface area is 178 Å². The second-order valence-corrected chi connectivity index (χ2v) is 7.33. The first kappa shape index (κ1) is 21.6. The van der Waals surface area contributed by atoms with Gasteiger partial charge in [0, 0.05) is 24.0 Å². The molecule has 0 saturated heterocycles. The van der Waals surface area contributed by atoms with Crippen molar-refractivity contribution in [1.82, 2.24) is 20.1 Å². The number of ether oxygens (including phenoxy) is 1. The highest BCUT2D eigenvalue weighted by molar-refractivity contribution is 5.94. The van der Waals surface area contributed by atoms with Crippen LogP contribution < -0.4 is 10.1 Å². The van der Waals surface area contributed by atoms with Gasteiger partial charge in [-0.15, -0.1) is 0 Å². The first-order valence-corrected chi connectivity index (χ1v) is 10.6. The molecule has 0 bridgehead atoms. The minimum atomic E-state index is -0.0834. The highest BCUT2D eigenvalue weighted by Crippen LogP contribution is 2.17. The van der Waals surface area contributed by atoms with Crippen molar-refractivity contribution in [1.29, 1.82) is 0 Å². The summed E-state index contributed by atoms with van der Waals surface area (Å²) in [5, 5.41) is 7.61. The molecule has 2 aromatic heterocycles. The van der Waals surface area contributed by atoms with Crippen LogP contribution in [0.2, 0.25) is 0 Å². The third kappa shape index (κ3) is 5.47. The fourth-order valence-corrected chi connectivity index (χ4v) is 3.39. The van der Waals surface area contributed by atoms with Crippen molar-refractivity contribution in [3.05, 3.63) is 71.2 Å². The van der Waals surface area contributed by atoms with Gasteiger partial charge in [0.05, 0.1) is 12.3 Å². The minimum Gasteiger partial charge on any atom is -0.494 e. The number of amides is 1. The van der Waals surface area contributed by atoms with Crippen molar-refractivity contribution in [2.45, 2.75) is 46.5 Å². The van der Waals surface area contributed by atoms with Gasteiger partial charge in [0.1, 0.15) is 5.75 Å². The summed E-state index contributed by atoms with van der Waals surface area (Å²) in [6.45, 7) is 7.45. The maximum absolute atomic E-state index is 12.5. The lowest BCUT2D eigenvalue weighted by Crippen LogP contribution is -2.25. The fraction of sp³-hybridized carbons (Fsp3) is 0.375. The normalized spacial score (nSPS) is 10.8. The number of hydrogen-bond donors (Lipinski definition) is 1. The molecule has 3 rings (SSSR count). The average Bonchev–Trinajstić information content (AvgIpc) is 3.06. The Morgan fingerprint density at radius 2 is 1.90 bits per heavy atom. The van der Waals surface area contributed by atoms with Crippen molar-refractivity contribution >= 4 is 5.91 Å². The van der Waals surface area contributed by atoms with E-state index in [0.29, 0.717) is 18.7 Å². The topological polar surface area (TPSA) is 69.0 Å². The van der Waals surface area contributed by atoms with Crippen LogP contribution in [0, 0.1) is 13.8 Å². The predicted molar refractivity (Wildman–Crippen MR) is 118 cm³/mol. The zero-order chi connectivity index (χ0) is 21.3. The van der Waals surface area contributed by atoms with E-state index in [9.17, 15) is 4.79 Å². The molecule has 0 aliphatic carbocycles. The minimum absolute atomic E-state index is 0.0834. The number of carbonyl (C=O) groups is 1. The largest absolute Gasteiger partial charge is 0.494 e. The summed E-state index contributed by atoms with van der Waals surface area (Å²) in [6.07, 6.45) is 5.86. The summed E-state index contributed by atoms with van der Waals surface area (Å²) < 4.78 is 7.55. The monoisotopic (exact) mass is 406 g/mol. The first-order valence-electron chi connectivity index (χ1n) is 10.6. The Morgan fingerprint density at radius 3 is 2.60 bits per heavy atom. The molecule has 158 valence electrons. The molecule has 3 aromatic rings. The molecular weight excluding hydrogens is 376 g/mol. The van der Waals surface area contributed by atoms with E-state index in [1.165, 1.54) is 12.8 Å². The van der Waals surface area contributed by atoms with Gasteiger partial charge >= 0.3 is 0 Å². The summed E-state index contributed by atoms with van der Waals surface area (Å²) >= 11 is 0. The molecule has 0 saturated carbocycles. The van der Waals surface area contributed by atoms with Crippen LogP contribution in [0.3, 0.4) is 0 Å². The fourth-order valence-electron chi connectivity index (χ4n) is 3.39. The van der Waals surface area contributed by atoms with E-state index in [1.807, 2.05) is 48.9 Å². The van der Waals surface area contributed by atoms with Gasteiger partial charge in [-0.2, -0.15) is 5.10 Å². The highest BCUT2D eigenvalue weighted by Gasteiger charge is 2.14. The summed E-state index contributed by atoms with van der Waals surface area (Å²) in [7, 11) is 0. The number of aryl methyl sites for hydroxylation is 1. The summed E-state index contributed by atoms with van der Waals surface area (Å²) in [5.74, 6) is 1.51. The number of benzene rings is 1. The second kappa shape index (κ2) is 10.6. The van der Waals surface area contributed by atoms with Gasteiger partial charge in [0.2, 0.25) is 0 Å². The Kier molecular flexibility index (Phi) is 7.60. The number of rotatable bonds is 10. The van der Waals surface area contributed by atoms with Crippen LogP contribution in [-0.4, -0.2) is 33.8 Å². The zero-order valence-electron chi connectivity index (χ0n) is 18.0. The molecule has 1 aromatic carbocycles. The summed E-state index contributed by atoms with van der Waals surface area (Å²) in [5.41, 5.74) is 3.77. The average molecular weight is 407 g/mol. The van der Waals surface area contributed by atoms with Gasteiger partial charge < -0.3 is 10.1 Å². The van der Waals surface area contributed by atoms with E-state index in [2.05, 4.69) is 22.3 Å². The molecule has 30 heavy (non-hydrogen) atoms. The number of aromatic nitrogens is 3. The number of unbranched alkanes of at least 4 members (excludes halogenated alkanes) is 2. The maximum Gasteiger partial charge on any atom is 0.251 e. The van der Waals surface area contributed by atoms with Gasteiger partial charge in [-0.25, -0.2) is 9.67 Å². The van der Waals surface area contributed by atoms with Crippen molar-refractivity contribution in [3.63, 3.8) is 0 Å². The molecule has 0 radical (unpaired) electrons. The van der Waals surface area contributed by atoms with Gasteiger partial charge in [0.15, 0.2) is 5.82 Å². The maximum atomic E-state index is 12.5. The van der Waals surface area contributed by atoms with Crippen molar-refractivity contribution in [3.8, 4) is 11.6 Å². The molecule has 1 amide bonds. The Bertz CT molecular complexity index is 949. The van der Waals surface area contributed by atoms with E-state index in [-0.39, 0.29) is 5.91 Å². The molecule has 2 heterocycles. The van der Waals surface area contributed by atoms with Gasteiger partial charge in [-0.3, -0.25) is 4.79 Å². The lowest BCUT2D eigenvalue weighted by atomic mass is 10.1. The highest BCUT2D eigenvalue weighted by atomic mass is 16.5. The number of nitrogens with zero attached hydrogens (tertiary/aromatic N) is 3. The van der Waals surface area contributed by atoms with Gasteiger partial charge in [-0.1, -0.05) is 25.8 Å². The first-order chi connectivity index (χ1) is 14.6. The summed E-state index contributed by atoms with van der Waals surface area (Å²) in [4.78, 5) is 16.8. The lowest BCUT2D eigenvalue weighted by molar-refractivity contribution is 0.0954. The molecular formula is C24H30N4O2. The van der Waals surface area contributed by atoms with Crippen LogP contribution in [0.15, 0.2) is 48.7 Å². The van der Waals surface area contributed by atoms with Crippen LogP contribution >= 0.6 is 0 Å². The van der Waals surface area contributed by atoms with Crippen LogP contribution in [0.1, 0.15) is 53.5 Å². The van der Waals surface area contributed by atoms with Crippen LogP contribution in [0.25, 0.3) is 5.82 Å². The van der Waals surface area contributed by atoms with Crippen molar-refractivity contribution in [2.75, 3.05) is 13.2 Å². The van der Waals surface area contributed by atoms with E-state index >= 15 is 0 Å². The molecule has 0 aliphatic rings. The van der Waals surface area contributed by atoms with Crippen molar-refractivity contribution < 1.29 is 9.53 Å². The van der Waals surface area contributed by atoms with Crippen LogP contribution in [0.4, 0.5) is 0 Å². The third-order valence-corrected chi connectivity index (χ3v) is 5.10. The van der Waals surface area contributed by atoms with E-state index in [1.54, 1.807) is 18.3 Å². The van der Waals surface area contributed by atoms with Crippen LogP contribution in [0.5, 0.6) is 5.75 Å². The van der Waals surface area contributed by atoms with E-state index in [4.69, 9.17) is 4.74 Å². The quantitative estimate of drug-likeness (QED) is 0.506. The molecule has 0 atom stereocenters.